The smallest absolute Gasteiger partial charge is 0.178 e. The molecule has 0 unspecified atom stereocenters. The number of allylic oxidation sites excluding steroid dienone is 2. The molecule has 0 saturated heterocycles. The van der Waals surface area contributed by atoms with E-state index in [1.807, 2.05) is 12.1 Å². The number of methoxy groups -OCH3 is 1. The van der Waals surface area contributed by atoms with Crippen LogP contribution in [-0.4, -0.2) is 19.2 Å². The van der Waals surface area contributed by atoms with Crippen LogP contribution < -0.4 is 0 Å². The Morgan fingerprint density at radius 2 is 1.82 bits per heavy atom. The monoisotopic (exact) mass is 228 g/mol. The zero-order valence-electron chi connectivity index (χ0n) is 9.42. The Kier molecular flexibility index (Phi) is 3.02. The molecular formula is C14H12O3. The number of carbonyl (C=O) groups is 2. The number of hydrogen-bond donors (Lipinski definition) is 0. The third-order valence-corrected chi connectivity index (χ3v) is 2.84. The van der Waals surface area contributed by atoms with Gasteiger partial charge >= 0.3 is 0 Å². The van der Waals surface area contributed by atoms with Gasteiger partial charge in [-0.2, -0.15) is 0 Å². The third-order valence-electron chi connectivity index (χ3n) is 2.84. The predicted octanol–water partition coefficient (Wildman–Crippen LogP) is 2.04. The van der Waals surface area contributed by atoms with E-state index < -0.39 is 5.60 Å². The van der Waals surface area contributed by atoms with Crippen molar-refractivity contribution >= 4 is 12.1 Å². The molecule has 1 aromatic rings. The Hall–Kier alpha value is -2.00. The van der Waals surface area contributed by atoms with E-state index >= 15 is 0 Å². The van der Waals surface area contributed by atoms with E-state index in [2.05, 4.69) is 0 Å². The molecule has 0 bridgehead atoms. The number of aldehydes is 1. The first-order valence-electron chi connectivity index (χ1n) is 5.24. The van der Waals surface area contributed by atoms with Crippen molar-refractivity contribution in [2.45, 2.75) is 5.60 Å². The molecule has 0 N–H and O–H groups in total. The van der Waals surface area contributed by atoms with Gasteiger partial charge < -0.3 is 4.74 Å². The lowest BCUT2D eigenvalue weighted by Crippen LogP contribution is -2.27. The summed E-state index contributed by atoms with van der Waals surface area (Å²) >= 11 is 0. The fraction of sp³-hybridized carbons (Fsp3) is 0.143. The first kappa shape index (κ1) is 11.5. The highest BCUT2D eigenvalue weighted by atomic mass is 16.5. The van der Waals surface area contributed by atoms with Gasteiger partial charge in [0.2, 0.25) is 0 Å². The largest absolute Gasteiger partial charge is 0.365 e. The second-order valence-electron chi connectivity index (χ2n) is 3.77. The van der Waals surface area contributed by atoms with Crippen molar-refractivity contribution in [3.8, 4) is 0 Å². The van der Waals surface area contributed by atoms with Crippen molar-refractivity contribution in [1.82, 2.24) is 0 Å². The molecule has 2 rings (SSSR count). The lowest BCUT2D eigenvalue weighted by atomic mass is 9.86. The minimum absolute atomic E-state index is 0.0822. The average Bonchev–Trinajstić information content (AvgIpc) is 2.40. The molecule has 0 atom stereocenters. The third kappa shape index (κ3) is 1.97. The molecular weight excluding hydrogens is 216 g/mol. The summed E-state index contributed by atoms with van der Waals surface area (Å²) in [5.41, 5.74) is 0.460. The lowest BCUT2D eigenvalue weighted by molar-refractivity contribution is -0.110. The van der Waals surface area contributed by atoms with Crippen molar-refractivity contribution in [3.05, 3.63) is 59.7 Å². The zero-order chi connectivity index (χ0) is 12.3. The van der Waals surface area contributed by atoms with Crippen LogP contribution in [0.5, 0.6) is 0 Å². The molecule has 0 saturated carbocycles. The highest BCUT2D eigenvalue weighted by Gasteiger charge is 2.30. The predicted molar refractivity (Wildman–Crippen MR) is 63.8 cm³/mol. The van der Waals surface area contributed by atoms with Crippen LogP contribution in [0.4, 0.5) is 0 Å². The quantitative estimate of drug-likeness (QED) is 0.743. The van der Waals surface area contributed by atoms with Gasteiger partial charge in [-0.15, -0.1) is 0 Å². The summed E-state index contributed by atoms with van der Waals surface area (Å²) < 4.78 is 5.47. The standard InChI is InChI=1S/C14H12O3/c1-17-14(8-6-12(16)7-9-14)13-5-3-2-4-11(13)10-15/h2-10H,1H3. The number of ketones is 1. The van der Waals surface area contributed by atoms with E-state index in [4.69, 9.17) is 4.74 Å². The van der Waals surface area contributed by atoms with Gasteiger partial charge in [0.05, 0.1) is 0 Å². The molecule has 86 valence electrons. The highest BCUT2D eigenvalue weighted by molar-refractivity contribution is 6.00. The fourth-order valence-corrected chi connectivity index (χ4v) is 1.90. The minimum Gasteiger partial charge on any atom is -0.365 e. The number of hydrogen-bond acceptors (Lipinski definition) is 3. The van der Waals surface area contributed by atoms with Gasteiger partial charge in [-0.3, -0.25) is 9.59 Å². The molecule has 0 spiro atoms. The maximum absolute atomic E-state index is 11.2. The fourth-order valence-electron chi connectivity index (χ4n) is 1.90. The van der Waals surface area contributed by atoms with Gasteiger partial charge in [-0.25, -0.2) is 0 Å². The van der Waals surface area contributed by atoms with Crippen LogP contribution in [-0.2, 0) is 15.1 Å². The van der Waals surface area contributed by atoms with Crippen molar-refractivity contribution < 1.29 is 14.3 Å². The molecule has 0 fully saturated rings. The molecule has 0 aromatic heterocycles. The second-order valence-corrected chi connectivity index (χ2v) is 3.77. The summed E-state index contributed by atoms with van der Waals surface area (Å²) in [4.78, 5) is 22.2. The van der Waals surface area contributed by atoms with Gasteiger partial charge in [-0.05, 0) is 24.3 Å². The first-order chi connectivity index (χ1) is 8.22. The van der Waals surface area contributed by atoms with Gasteiger partial charge in [-0.1, -0.05) is 24.3 Å². The molecule has 3 nitrogen and oxygen atoms in total. The van der Waals surface area contributed by atoms with Crippen LogP contribution in [0.1, 0.15) is 15.9 Å². The number of carbonyl (C=O) groups excluding carboxylic acids is 2. The second kappa shape index (κ2) is 4.47. The topological polar surface area (TPSA) is 43.4 Å². The Morgan fingerprint density at radius 1 is 1.18 bits per heavy atom. The normalized spacial score (nSPS) is 17.1. The van der Waals surface area contributed by atoms with Crippen LogP contribution >= 0.6 is 0 Å². The Balaban J connectivity index is 2.56. The first-order valence-corrected chi connectivity index (χ1v) is 5.24. The summed E-state index contributed by atoms with van der Waals surface area (Å²) in [7, 11) is 1.55. The van der Waals surface area contributed by atoms with E-state index in [1.165, 1.54) is 12.2 Å². The van der Waals surface area contributed by atoms with Crippen molar-refractivity contribution in [1.29, 1.82) is 0 Å². The lowest BCUT2D eigenvalue weighted by Gasteiger charge is -2.29. The van der Waals surface area contributed by atoms with Gasteiger partial charge in [0, 0.05) is 18.2 Å². The van der Waals surface area contributed by atoms with Crippen LogP contribution in [0.25, 0.3) is 0 Å². The van der Waals surface area contributed by atoms with E-state index in [-0.39, 0.29) is 5.78 Å². The number of ether oxygens (including phenoxy) is 1. The van der Waals surface area contributed by atoms with Gasteiger partial charge in [0.25, 0.3) is 0 Å². The zero-order valence-corrected chi connectivity index (χ0v) is 9.42. The summed E-state index contributed by atoms with van der Waals surface area (Å²) in [6, 6.07) is 7.16. The van der Waals surface area contributed by atoms with Crippen molar-refractivity contribution in [3.63, 3.8) is 0 Å². The van der Waals surface area contributed by atoms with Crippen LogP contribution in [0, 0.1) is 0 Å². The van der Waals surface area contributed by atoms with Crippen molar-refractivity contribution in [2.24, 2.45) is 0 Å². The van der Waals surface area contributed by atoms with Gasteiger partial charge in [0.15, 0.2) is 5.78 Å². The minimum atomic E-state index is -0.828. The molecule has 3 heteroatoms. The van der Waals surface area contributed by atoms with Crippen LogP contribution in [0.3, 0.4) is 0 Å². The SMILES string of the molecule is COC1(c2ccccc2C=O)C=CC(=O)C=C1. The molecule has 1 aromatic carbocycles. The molecule has 0 heterocycles. The summed E-state index contributed by atoms with van der Waals surface area (Å²) in [5.74, 6) is -0.0822. The molecule has 0 amide bonds. The summed E-state index contributed by atoms with van der Waals surface area (Å²) in [6.07, 6.45) is 7.01. The van der Waals surface area contributed by atoms with Crippen molar-refractivity contribution in [2.75, 3.05) is 7.11 Å². The Morgan fingerprint density at radius 3 is 2.41 bits per heavy atom. The molecule has 1 aliphatic carbocycles. The van der Waals surface area contributed by atoms with E-state index in [1.54, 1.807) is 31.4 Å². The number of benzene rings is 1. The molecule has 17 heavy (non-hydrogen) atoms. The summed E-state index contributed by atoms with van der Waals surface area (Å²) in [6.45, 7) is 0. The van der Waals surface area contributed by atoms with E-state index in [0.29, 0.717) is 5.56 Å². The summed E-state index contributed by atoms with van der Waals surface area (Å²) in [5, 5.41) is 0. The average molecular weight is 228 g/mol. The molecule has 0 aliphatic heterocycles. The van der Waals surface area contributed by atoms with Crippen LogP contribution in [0.15, 0.2) is 48.6 Å². The Labute approximate surface area is 99.4 Å². The molecule has 0 radical (unpaired) electrons. The molecule has 1 aliphatic rings. The van der Waals surface area contributed by atoms with E-state index in [9.17, 15) is 9.59 Å². The maximum Gasteiger partial charge on any atom is 0.178 e. The Bertz CT molecular complexity index is 496. The van der Waals surface area contributed by atoms with Gasteiger partial charge in [0.1, 0.15) is 11.9 Å². The highest BCUT2D eigenvalue weighted by Crippen LogP contribution is 2.32. The van der Waals surface area contributed by atoms with Crippen LogP contribution in [0.2, 0.25) is 0 Å². The number of rotatable bonds is 3. The van der Waals surface area contributed by atoms with E-state index in [0.717, 1.165) is 11.8 Å². The maximum atomic E-state index is 11.2.